The maximum absolute atomic E-state index is 12.1. The molecule has 1 aliphatic carbocycles. The molecule has 1 aromatic carbocycles. The molecule has 1 aromatic heterocycles. The molecule has 23 heavy (non-hydrogen) atoms. The lowest BCUT2D eigenvalue weighted by Gasteiger charge is -2.10. The van der Waals surface area contributed by atoms with E-state index in [0.717, 1.165) is 18.4 Å². The number of hydrogen-bond acceptors (Lipinski definition) is 3. The number of aryl methyl sites for hydroxylation is 1. The van der Waals surface area contributed by atoms with Crippen LogP contribution in [-0.4, -0.2) is 15.9 Å². The van der Waals surface area contributed by atoms with Crippen molar-refractivity contribution >= 4 is 11.6 Å². The van der Waals surface area contributed by atoms with Crippen molar-refractivity contribution < 1.29 is 4.79 Å². The zero-order chi connectivity index (χ0) is 16.2. The van der Waals surface area contributed by atoms with Crippen LogP contribution in [0.3, 0.4) is 0 Å². The molecule has 0 spiro atoms. The third-order valence-corrected chi connectivity index (χ3v) is 3.85. The van der Waals surface area contributed by atoms with E-state index in [2.05, 4.69) is 27.4 Å². The van der Waals surface area contributed by atoms with Gasteiger partial charge < -0.3 is 10.3 Å². The Labute approximate surface area is 134 Å². The number of carbonyl (C=O) groups excluding carboxylic acids is 1. The number of hydrogen-bond donors (Lipinski definition) is 2. The number of amides is 1. The van der Waals surface area contributed by atoms with E-state index < -0.39 is 0 Å². The zero-order valence-corrected chi connectivity index (χ0v) is 13.0. The van der Waals surface area contributed by atoms with E-state index in [9.17, 15) is 9.59 Å². The fourth-order valence-corrected chi connectivity index (χ4v) is 2.78. The predicted octanol–water partition coefficient (Wildman–Crippen LogP) is 3.04. The Kier molecular flexibility index (Phi) is 4.37. The van der Waals surface area contributed by atoms with Crippen LogP contribution in [-0.2, 0) is 4.79 Å². The molecule has 3 rings (SSSR count). The maximum Gasteiger partial charge on any atom is 0.251 e. The average Bonchev–Trinajstić information content (AvgIpc) is 2.99. The van der Waals surface area contributed by atoms with E-state index in [-0.39, 0.29) is 11.5 Å². The van der Waals surface area contributed by atoms with Gasteiger partial charge in [0.2, 0.25) is 5.91 Å². The Bertz CT molecular complexity index is 808. The number of allylic oxidation sites excluding steroid dienone is 2. The molecule has 118 valence electrons. The molecule has 2 N–H and O–H groups in total. The van der Waals surface area contributed by atoms with Crippen LogP contribution in [0.4, 0.5) is 5.69 Å². The number of aromatic amines is 1. The summed E-state index contributed by atoms with van der Waals surface area (Å²) in [5, 5.41) is 2.92. The van der Waals surface area contributed by atoms with Crippen molar-refractivity contribution in [1.82, 2.24) is 9.97 Å². The molecule has 0 saturated heterocycles. The second-order valence-electron chi connectivity index (χ2n) is 5.83. The van der Waals surface area contributed by atoms with Crippen LogP contribution >= 0.6 is 0 Å². The minimum absolute atomic E-state index is 0.00407. The summed E-state index contributed by atoms with van der Waals surface area (Å²) in [6.45, 7) is 1.78. The molecule has 1 amide bonds. The molecule has 1 aliphatic rings. The van der Waals surface area contributed by atoms with Crippen LogP contribution < -0.4 is 10.9 Å². The number of anilines is 1. The van der Waals surface area contributed by atoms with E-state index in [1.807, 2.05) is 24.3 Å². The van der Waals surface area contributed by atoms with Crippen LogP contribution in [0.5, 0.6) is 0 Å². The molecule has 0 bridgehead atoms. The highest BCUT2D eigenvalue weighted by atomic mass is 16.1. The first-order valence-electron chi connectivity index (χ1n) is 7.75. The van der Waals surface area contributed by atoms with Crippen molar-refractivity contribution in [3.05, 3.63) is 58.5 Å². The lowest BCUT2D eigenvalue weighted by atomic mass is 10.0. The van der Waals surface area contributed by atoms with E-state index in [4.69, 9.17) is 0 Å². The van der Waals surface area contributed by atoms with Gasteiger partial charge in [0.1, 0.15) is 5.82 Å². The van der Waals surface area contributed by atoms with Gasteiger partial charge in [0.15, 0.2) is 0 Å². The van der Waals surface area contributed by atoms with Crippen molar-refractivity contribution in [3.8, 4) is 11.4 Å². The molecule has 1 heterocycles. The molecule has 0 aliphatic heterocycles. The minimum Gasteiger partial charge on any atom is -0.326 e. The Morgan fingerprint density at radius 3 is 3.00 bits per heavy atom. The van der Waals surface area contributed by atoms with Crippen LogP contribution in [0.25, 0.3) is 11.4 Å². The molecule has 5 heteroatoms. The van der Waals surface area contributed by atoms with Crippen LogP contribution in [0.1, 0.15) is 25.0 Å². The van der Waals surface area contributed by atoms with Crippen molar-refractivity contribution in [2.45, 2.75) is 26.2 Å². The van der Waals surface area contributed by atoms with E-state index in [1.165, 1.54) is 6.07 Å². The second kappa shape index (κ2) is 6.60. The van der Waals surface area contributed by atoms with Gasteiger partial charge >= 0.3 is 0 Å². The molecule has 0 unspecified atom stereocenters. The van der Waals surface area contributed by atoms with E-state index in [1.54, 1.807) is 6.92 Å². The monoisotopic (exact) mass is 309 g/mol. The highest BCUT2D eigenvalue weighted by Crippen LogP contribution is 2.22. The number of benzene rings is 1. The van der Waals surface area contributed by atoms with Gasteiger partial charge in [0.05, 0.1) is 0 Å². The summed E-state index contributed by atoms with van der Waals surface area (Å²) in [5.74, 6) is 0.849. The molecule has 0 radical (unpaired) electrons. The Balaban J connectivity index is 1.75. The Hall–Kier alpha value is -2.69. The summed E-state index contributed by atoms with van der Waals surface area (Å²) >= 11 is 0. The van der Waals surface area contributed by atoms with Gasteiger partial charge in [-0.3, -0.25) is 9.59 Å². The second-order valence-corrected chi connectivity index (χ2v) is 5.83. The van der Waals surface area contributed by atoms with Crippen LogP contribution in [0, 0.1) is 12.8 Å². The first kappa shape index (κ1) is 15.2. The summed E-state index contributed by atoms with van der Waals surface area (Å²) in [6, 6.07) is 8.79. The van der Waals surface area contributed by atoms with Gasteiger partial charge in [0, 0.05) is 29.4 Å². The third kappa shape index (κ3) is 3.94. The minimum atomic E-state index is -0.185. The molecular weight excluding hydrogens is 290 g/mol. The van der Waals surface area contributed by atoms with Gasteiger partial charge in [-0.2, -0.15) is 0 Å². The van der Waals surface area contributed by atoms with Crippen LogP contribution in [0.15, 0.2) is 47.3 Å². The summed E-state index contributed by atoms with van der Waals surface area (Å²) in [5.41, 5.74) is 1.95. The van der Waals surface area contributed by atoms with Crippen molar-refractivity contribution in [2.75, 3.05) is 5.32 Å². The lowest BCUT2D eigenvalue weighted by Crippen LogP contribution is -2.15. The topological polar surface area (TPSA) is 74.8 Å². The fourth-order valence-electron chi connectivity index (χ4n) is 2.78. The summed E-state index contributed by atoms with van der Waals surface area (Å²) in [7, 11) is 0. The van der Waals surface area contributed by atoms with Crippen molar-refractivity contribution in [3.63, 3.8) is 0 Å². The molecule has 0 fully saturated rings. The average molecular weight is 309 g/mol. The van der Waals surface area contributed by atoms with Crippen LogP contribution in [0.2, 0.25) is 0 Å². The van der Waals surface area contributed by atoms with Crippen molar-refractivity contribution in [2.24, 2.45) is 5.92 Å². The highest BCUT2D eigenvalue weighted by molar-refractivity contribution is 5.91. The van der Waals surface area contributed by atoms with E-state index in [0.29, 0.717) is 29.5 Å². The van der Waals surface area contributed by atoms with Gasteiger partial charge in [-0.05, 0) is 37.8 Å². The number of rotatable bonds is 4. The predicted molar refractivity (Wildman–Crippen MR) is 90.1 cm³/mol. The lowest BCUT2D eigenvalue weighted by molar-refractivity contribution is -0.116. The number of nitrogens with zero attached hydrogens (tertiary/aromatic N) is 1. The van der Waals surface area contributed by atoms with Gasteiger partial charge in [0.25, 0.3) is 5.56 Å². The molecule has 0 saturated carbocycles. The summed E-state index contributed by atoms with van der Waals surface area (Å²) in [6.07, 6.45) is 6.83. The molecule has 1 atom stereocenters. The summed E-state index contributed by atoms with van der Waals surface area (Å²) in [4.78, 5) is 30.7. The standard InChI is InChI=1S/C18H19N3O2/c1-12-9-16(22)21-18(19-12)14-7-4-8-15(11-14)20-17(23)10-13-5-2-3-6-13/h2,4-5,7-9,11,13H,3,6,10H2,1H3,(H,20,23)(H,19,21,22)/t13-/m0/s1. The normalized spacial score (nSPS) is 16.5. The molecular formula is C18H19N3O2. The SMILES string of the molecule is Cc1cc(=O)[nH]c(-c2cccc(NC(=O)C[C@H]3C=CCC3)c2)n1. The Morgan fingerprint density at radius 2 is 2.26 bits per heavy atom. The molecule has 2 aromatic rings. The smallest absolute Gasteiger partial charge is 0.251 e. The van der Waals surface area contributed by atoms with E-state index >= 15 is 0 Å². The quantitative estimate of drug-likeness (QED) is 0.852. The third-order valence-electron chi connectivity index (χ3n) is 3.85. The van der Waals surface area contributed by atoms with Gasteiger partial charge in [-0.1, -0.05) is 24.3 Å². The van der Waals surface area contributed by atoms with Gasteiger partial charge in [-0.25, -0.2) is 4.98 Å². The summed E-state index contributed by atoms with van der Waals surface area (Å²) < 4.78 is 0. The first-order chi connectivity index (χ1) is 11.1. The van der Waals surface area contributed by atoms with Crippen molar-refractivity contribution in [1.29, 1.82) is 0 Å². The molecule has 5 nitrogen and oxygen atoms in total. The Morgan fingerprint density at radius 1 is 1.39 bits per heavy atom. The maximum atomic E-state index is 12.1. The van der Waals surface area contributed by atoms with Gasteiger partial charge in [-0.15, -0.1) is 0 Å². The highest BCUT2D eigenvalue weighted by Gasteiger charge is 2.14. The number of nitrogens with one attached hydrogen (secondary N) is 2. The fraction of sp³-hybridized carbons (Fsp3) is 0.278. The number of H-pyrrole nitrogens is 1. The number of carbonyl (C=O) groups is 1. The zero-order valence-electron chi connectivity index (χ0n) is 13.0. The first-order valence-corrected chi connectivity index (χ1v) is 7.75. The number of aromatic nitrogens is 2. The largest absolute Gasteiger partial charge is 0.326 e.